The first kappa shape index (κ1) is 29.7. The van der Waals surface area contributed by atoms with Crippen LogP contribution in [0, 0.1) is 0 Å². The Morgan fingerprint density at radius 3 is 2.68 bits per heavy atom. The van der Waals surface area contributed by atoms with Gasteiger partial charge in [0.1, 0.15) is 5.75 Å². The van der Waals surface area contributed by atoms with Crippen molar-refractivity contribution in [2.45, 2.75) is 29.5 Å². The predicted molar refractivity (Wildman–Crippen MR) is 170 cm³/mol. The number of anilines is 1. The van der Waals surface area contributed by atoms with Crippen molar-refractivity contribution >= 4 is 62.5 Å². The highest BCUT2D eigenvalue weighted by Crippen LogP contribution is 2.45. The van der Waals surface area contributed by atoms with Crippen molar-refractivity contribution in [3.05, 3.63) is 106 Å². The molecule has 5 aromatic rings. The van der Waals surface area contributed by atoms with E-state index in [1.54, 1.807) is 48.5 Å². The van der Waals surface area contributed by atoms with Crippen LogP contribution in [0.5, 0.6) is 11.5 Å². The van der Waals surface area contributed by atoms with Crippen LogP contribution in [0.25, 0.3) is 11.0 Å². The molecule has 0 radical (unpaired) electrons. The van der Waals surface area contributed by atoms with Crippen molar-refractivity contribution in [2.75, 3.05) is 18.6 Å². The molecule has 3 aromatic carbocycles. The number of methoxy groups -OCH3 is 1. The fourth-order valence-electron chi connectivity index (χ4n) is 4.87. The lowest BCUT2D eigenvalue weighted by Gasteiger charge is -2.24. The fraction of sp³-hybridized carbons (Fsp3) is 0.188. The zero-order chi connectivity index (χ0) is 30.8. The molecule has 1 amide bonds. The molecule has 1 N–H and O–H groups in total. The third kappa shape index (κ3) is 5.78. The van der Waals surface area contributed by atoms with Crippen LogP contribution in [0.2, 0.25) is 5.02 Å². The Hall–Kier alpha value is -4.32. The number of fused-ring (bicyclic) bond motifs is 1. The van der Waals surface area contributed by atoms with Gasteiger partial charge in [0.05, 0.1) is 25.3 Å². The molecule has 0 fully saturated rings. The average Bonchev–Trinajstić information content (AvgIpc) is 3.76. The monoisotopic (exact) mass is 647 g/mol. The lowest BCUT2D eigenvalue weighted by atomic mass is 9.95. The molecule has 3 heterocycles. The van der Waals surface area contributed by atoms with Crippen molar-refractivity contribution in [2.24, 2.45) is 0 Å². The number of hydrogen-bond donors (Lipinski definition) is 1. The van der Waals surface area contributed by atoms with Gasteiger partial charge in [-0.1, -0.05) is 78.0 Å². The van der Waals surface area contributed by atoms with Crippen LogP contribution < -0.4 is 14.4 Å². The number of benzene rings is 3. The maximum absolute atomic E-state index is 14.1. The lowest BCUT2D eigenvalue weighted by Crippen LogP contribution is -2.31. The number of para-hydroxylation sites is 1. The minimum absolute atomic E-state index is 0.0411. The highest BCUT2D eigenvalue weighted by Gasteiger charge is 2.47. The van der Waals surface area contributed by atoms with Crippen LogP contribution in [0.1, 0.15) is 41.1 Å². The van der Waals surface area contributed by atoms with Crippen molar-refractivity contribution in [1.29, 1.82) is 0 Å². The van der Waals surface area contributed by atoms with E-state index < -0.39 is 23.5 Å². The summed E-state index contributed by atoms with van der Waals surface area (Å²) in [6, 6.07) is 20.4. The van der Waals surface area contributed by atoms with Crippen molar-refractivity contribution in [3.8, 4) is 11.5 Å². The number of ether oxygens (including phenoxy) is 2. The summed E-state index contributed by atoms with van der Waals surface area (Å²) in [6.45, 7) is 2.49. The normalized spacial score (nSPS) is 14.9. The number of furan rings is 1. The highest BCUT2D eigenvalue weighted by atomic mass is 35.5. The van der Waals surface area contributed by atoms with Gasteiger partial charge >= 0.3 is 0 Å². The number of Topliss-reactive ketones (excluding diaryl/α,β-unsaturated/α-hetero) is 1. The molecule has 1 aliphatic heterocycles. The van der Waals surface area contributed by atoms with Crippen LogP contribution in [0.15, 0.2) is 92.9 Å². The van der Waals surface area contributed by atoms with E-state index in [0.717, 1.165) is 12.0 Å². The third-order valence-corrected chi connectivity index (χ3v) is 9.31. The first-order chi connectivity index (χ1) is 21.4. The number of halogens is 1. The summed E-state index contributed by atoms with van der Waals surface area (Å²) in [5.74, 6) is -0.486. The Balaban J connectivity index is 1.38. The van der Waals surface area contributed by atoms with Gasteiger partial charge in [0.2, 0.25) is 10.9 Å². The van der Waals surface area contributed by atoms with Gasteiger partial charge in [-0.25, -0.2) is 0 Å². The molecule has 1 aliphatic rings. The molecular formula is C32H26ClN3O6S2. The van der Waals surface area contributed by atoms with E-state index in [1.807, 2.05) is 31.2 Å². The summed E-state index contributed by atoms with van der Waals surface area (Å²) in [7, 11) is 1.51. The minimum Gasteiger partial charge on any atom is -0.503 e. The Bertz CT molecular complexity index is 1880. The number of amides is 1. The van der Waals surface area contributed by atoms with E-state index in [9.17, 15) is 14.7 Å². The molecular weight excluding hydrogens is 622 g/mol. The fourth-order valence-corrected chi connectivity index (χ4v) is 6.82. The summed E-state index contributed by atoms with van der Waals surface area (Å²) in [6.07, 6.45) is 0.805. The highest BCUT2D eigenvalue weighted by molar-refractivity contribution is 8.00. The molecule has 0 spiro atoms. The minimum atomic E-state index is -1.02. The molecule has 0 saturated carbocycles. The first-order valence-corrected chi connectivity index (χ1v) is 15.9. The molecule has 1 atom stereocenters. The summed E-state index contributed by atoms with van der Waals surface area (Å²) >= 11 is 8.65. The summed E-state index contributed by atoms with van der Waals surface area (Å²) in [4.78, 5) is 29.1. The number of ketones is 1. The molecule has 9 nitrogen and oxygen atoms in total. The number of aliphatic hydroxyl groups excluding tert-OH is 1. The number of aromatic nitrogens is 2. The van der Waals surface area contributed by atoms with E-state index in [1.165, 1.54) is 35.1 Å². The second-order valence-electron chi connectivity index (χ2n) is 9.85. The van der Waals surface area contributed by atoms with Crippen LogP contribution in [-0.4, -0.2) is 40.7 Å². The second kappa shape index (κ2) is 12.7. The molecule has 0 bridgehead atoms. The molecule has 44 heavy (non-hydrogen) atoms. The van der Waals surface area contributed by atoms with Crippen molar-refractivity contribution in [3.63, 3.8) is 0 Å². The van der Waals surface area contributed by atoms with Gasteiger partial charge in [-0.05, 0) is 53.9 Å². The zero-order valence-electron chi connectivity index (χ0n) is 23.7. The Morgan fingerprint density at radius 1 is 1.11 bits per heavy atom. The number of carbonyl (C=O) groups is 2. The molecule has 2 aromatic heterocycles. The molecule has 0 aliphatic carbocycles. The van der Waals surface area contributed by atoms with Crippen LogP contribution in [0.3, 0.4) is 0 Å². The van der Waals surface area contributed by atoms with E-state index >= 15 is 0 Å². The quantitative estimate of drug-likeness (QED) is 0.0870. The average molecular weight is 648 g/mol. The SMILES string of the molecule is CCCOc1cccc(C2C(C(=O)c3cc4cccc(OC)c4o3)=C(O)C(=O)N2c2nnc(SCc3ccc(Cl)cc3)s2)c1. The van der Waals surface area contributed by atoms with Crippen molar-refractivity contribution in [1.82, 2.24) is 10.2 Å². The van der Waals surface area contributed by atoms with Crippen LogP contribution in [-0.2, 0) is 10.5 Å². The van der Waals surface area contributed by atoms with Crippen LogP contribution in [0.4, 0.5) is 5.13 Å². The van der Waals surface area contributed by atoms with E-state index in [2.05, 4.69) is 10.2 Å². The molecule has 12 heteroatoms. The van der Waals surface area contributed by atoms with Gasteiger partial charge in [-0.2, -0.15) is 0 Å². The maximum atomic E-state index is 14.1. The number of hydrogen-bond acceptors (Lipinski definition) is 10. The summed E-state index contributed by atoms with van der Waals surface area (Å²) in [5, 5.41) is 21.3. The number of nitrogens with zero attached hydrogens (tertiary/aromatic N) is 3. The van der Waals surface area contributed by atoms with E-state index in [0.29, 0.717) is 49.8 Å². The number of carbonyl (C=O) groups excluding carboxylic acids is 2. The number of rotatable bonds is 11. The lowest BCUT2D eigenvalue weighted by molar-refractivity contribution is -0.117. The molecule has 1 unspecified atom stereocenters. The van der Waals surface area contributed by atoms with Crippen LogP contribution >= 0.6 is 34.7 Å². The topological polar surface area (TPSA) is 115 Å². The molecule has 224 valence electrons. The summed E-state index contributed by atoms with van der Waals surface area (Å²) in [5.41, 5.74) is 1.85. The van der Waals surface area contributed by atoms with Gasteiger partial charge in [0.15, 0.2) is 27.2 Å². The molecule has 6 rings (SSSR count). The van der Waals surface area contributed by atoms with Gasteiger partial charge < -0.3 is 19.0 Å². The van der Waals surface area contributed by atoms with E-state index in [4.69, 9.17) is 25.5 Å². The number of aliphatic hydroxyl groups is 1. The van der Waals surface area contributed by atoms with Gasteiger partial charge in [-0.15, -0.1) is 10.2 Å². The van der Waals surface area contributed by atoms with Gasteiger partial charge in [-0.3, -0.25) is 14.5 Å². The Labute approximate surface area is 266 Å². The van der Waals surface area contributed by atoms with Gasteiger partial charge in [0.25, 0.3) is 5.91 Å². The Kier molecular flexibility index (Phi) is 8.60. The summed E-state index contributed by atoms with van der Waals surface area (Å²) < 4.78 is 17.8. The second-order valence-corrected chi connectivity index (χ2v) is 12.5. The third-order valence-electron chi connectivity index (χ3n) is 6.93. The first-order valence-electron chi connectivity index (χ1n) is 13.7. The zero-order valence-corrected chi connectivity index (χ0v) is 26.0. The Morgan fingerprint density at radius 2 is 1.91 bits per heavy atom. The molecule has 0 saturated heterocycles. The van der Waals surface area contributed by atoms with Gasteiger partial charge in [0, 0.05) is 16.2 Å². The standard InChI is InChI=1S/C32H26ClN3O6S2/c1-3-14-41-22-8-4-6-19(15-22)26-25(27(37)24-16-20-7-5-9-23(40-2)29(20)42-24)28(38)30(39)36(26)31-34-35-32(44-31)43-17-18-10-12-21(33)13-11-18/h4-13,15-16,26,38H,3,14,17H2,1-2H3. The number of thioether (sulfide) groups is 1. The maximum Gasteiger partial charge on any atom is 0.296 e. The van der Waals surface area contributed by atoms with Crippen molar-refractivity contribution < 1.29 is 28.6 Å². The predicted octanol–water partition coefficient (Wildman–Crippen LogP) is 7.81. The smallest absolute Gasteiger partial charge is 0.296 e. The van der Waals surface area contributed by atoms with E-state index in [-0.39, 0.29) is 16.5 Å². The largest absolute Gasteiger partial charge is 0.503 e.